The molecule has 4 rings (SSSR count). The molecule has 0 saturated carbocycles. The number of nitrogens with one attached hydrogen (secondary N) is 3. The zero-order chi connectivity index (χ0) is 24.2. The molecule has 0 spiro atoms. The predicted molar refractivity (Wildman–Crippen MR) is 127 cm³/mol. The lowest BCUT2D eigenvalue weighted by Gasteiger charge is -2.29. The second-order valence-electron chi connectivity index (χ2n) is 8.71. The molecule has 3 N–H and O–H groups in total. The van der Waals surface area contributed by atoms with Crippen LogP contribution in [0.15, 0.2) is 30.5 Å². The van der Waals surface area contributed by atoms with Crippen LogP contribution in [0.25, 0.3) is 0 Å². The number of pyridine rings is 2. The van der Waals surface area contributed by atoms with Crippen LogP contribution >= 0.6 is 0 Å². The van der Waals surface area contributed by atoms with Gasteiger partial charge < -0.3 is 19.9 Å². The lowest BCUT2D eigenvalue weighted by atomic mass is 10.0. The number of hydrogen-bond donors (Lipinski definition) is 3. The van der Waals surface area contributed by atoms with Gasteiger partial charge in [0.15, 0.2) is 5.84 Å². The summed E-state index contributed by atoms with van der Waals surface area (Å²) in [6.07, 6.45) is 4.29. The minimum atomic E-state index is -0.424. The highest BCUT2D eigenvalue weighted by atomic mass is 16.6. The first kappa shape index (κ1) is 23.3. The van der Waals surface area contributed by atoms with Crippen LogP contribution in [-0.2, 0) is 17.7 Å². The molecule has 0 bridgehead atoms. The average molecular weight is 464 g/mol. The first-order valence-corrected chi connectivity index (χ1v) is 11.5. The summed E-state index contributed by atoms with van der Waals surface area (Å²) in [5, 5.41) is 19.3. The second-order valence-corrected chi connectivity index (χ2v) is 8.71. The number of hydrogen-bond acceptors (Lipinski definition) is 7. The predicted octanol–water partition coefficient (Wildman–Crippen LogP) is 3.42. The molecule has 4 heterocycles. The summed E-state index contributed by atoms with van der Waals surface area (Å²) in [5.41, 5.74) is 2.47. The number of anilines is 1. The SMILES string of the molecule is CC(C)OC(=O)N1CCc2cnc(C(=O)Nc3cccc(C(=N)N4CCCCC4=N)n3)cc2C1. The fourth-order valence-corrected chi connectivity index (χ4v) is 4.03. The molecule has 178 valence electrons. The molecule has 2 aromatic heterocycles. The van der Waals surface area contributed by atoms with Gasteiger partial charge in [0.05, 0.1) is 6.10 Å². The summed E-state index contributed by atoms with van der Waals surface area (Å²) in [6, 6.07) is 6.76. The number of aromatic nitrogens is 2. The third kappa shape index (κ3) is 5.22. The maximum atomic E-state index is 12.9. The normalized spacial score (nSPS) is 15.7. The van der Waals surface area contributed by atoms with E-state index in [1.54, 1.807) is 40.3 Å². The summed E-state index contributed by atoms with van der Waals surface area (Å²) in [7, 11) is 0. The third-order valence-corrected chi connectivity index (χ3v) is 5.80. The van der Waals surface area contributed by atoms with Crippen LogP contribution in [0.2, 0.25) is 0 Å². The van der Waals surface area contributed by atoms with Gasteiger partial charge in [0, 0.05) is 32.3 Å². The van der Waals surface area contributed by atoms with Crippen LogP contribution < -0.4 is 5.32 Å². The van der Waals surface area contributed by atoms with E-state index < -0.39 is 5.91 Å². The van der Waals surface area contributed by atoms with Gasteiger partial charge in [0.2, 0.25) is 0 Å². The minimum Gasteiger partial charge on any atom is -0.447 e. The van der Waals surface area contributed by atoms with Crippen LogP contribution in [0.5, 0.6) is 0 Å². The number of carbonyl (C=O) groups is 2. The number of fused-ring (bicyclic) bond motifs is 1. The van der Waals surface area contributed by atoms with Gasteiger partial charge in [-0.15, -0.1) is 0 Å². The van der Waals surface area contributed by atoms with Gasteiger partial charge in [-0.05, 0) is 62.4 Å². The van der Waals surface area contributed by atoms with Crippen molar-refractivity contribution >= 4 is 29.5 Å². The number of likely N-dealkylation sites (tertiary alicyclic amines) is 1. The molecule has 1 saturated heterocycles. The Labute approximate surface area is 198 Å². The summed E-state index contributed by atoms with van der Waals surface area (Å²) in [4.78, 5) is 37.1. The highest BCUT2D eigenvalue weighted by molar-refractivity contribution is 6.07. The van der Waals surface area contributed by atoms with Crippen LogP contribution in [0.4, 0.5) is 10.6 Å². The smallest absolute Gasteiger partial charge is 0.410 e. The zero-order valence-corrected chi connectivity index (χ0v) is 19.4. The average Bonchev–Trinajstić information content (AvgIpc) is 2.83. The Kier molecular flexibility index (Phi) is 6.85. The molecule has 1 fully saturated rings. The molecular formula is C24H29N7O3. The number of amides is 2. The van der Waals surface area contributed by atoms with E-state index in [0.29, 0.717) is 49.8 Å². The first-order chi connectivity index (χ1) is 16.3. The van der Waals surface area contributed by atoms with Crippen molar-refractivity contribution in [1.29, 1.82) is 10.8 Å². The highest BCUT2D eigenvalue weighted by Crippen LogP contribution is 2.21. The Morgan fingerprint density at radius 3 is 2.71 bits per heavy atom. The third-order valence-electron chi connectivity index (χ3n) is 5.80. The molecule has 2 amide bonds. The molecule has 2 aliphatic heterocycles. The number of piperidine rings is 1. The standard InChI is InChI=1S/C24H29N7O3/c1-15(2)34-24(33)30-11-9-16-13-27-19(12-17(16)14-30)23(32)29-21-8-5-6-18(28-21)22(26)31-10-4-3-7-20(31)25/h5-6,8,12-13,15,25-26H,3-4,7,9-11,14H2,1-2H3,(H,28,29,32). The van der Waals surface area contributed by atoms with Crippen molar-refractivity contribution in [3.63, 3.8) is 0 Å². The molecular weight excluding hydrogens is 434 g/mol. The van der Waals surface area contributed by atoms with Crippen molar-refractivity contribution in [2.45, 2.75) is 52.2 Å². The Balaban J connectivity index is 1.45. The van der Waals surface area contributed by atoms with Crippen LogP contribution in [0.3, 0.4) is 0 Å². The van der Waals surface area contributed by atoms with E-state index in [9.17, 15) is 9.59 Å². The van der Waals surface area contributed by atoms with E-state index in [1.165, 1.54) is 0 Å². The fourth-order valence-electron chi connectivity index (χ4n) is 4.03. The first-order valence-electron chi connectivity index (χ1n) is 11.5. The maximum absolute atomic E-state index is 12.9. The Hall–Kier alpha value is -3.82. The van der Waals surface area contributed by atoms with Gasteiger partial charge in [-0.25, -0.2) is 9.78 Å². The fraction of sp³-hybridized carbons (Fsp3) is 0.417. The molecule has 2 aliphatic rings. The summed E-state index contributed by atoms with van der Waals surface area (Å²) in [5.74, 6) is 0.446. The van der Waals surface area contributed by atoms with E-state index >= 15 is 0 Å². The summed E-state index contributed by atoms with van der Waals surface area (Å²) >= 11 is 0. The molecule has 0 atom stereocenters. The van der Waals surface area contributed by atoms with Crippen LogP contribution in [0, 0.1) is 10.8 Å². The molecule has 34 heavy (non-hydrogen) atoms. The molecule has 10 heteroatoms. The van der Waals surface area contributed by atoms with Gasteiger partial charge in [-0.3, -0.25) is 20.6 Å². The Morgan fingerprint density at radius 1 is 1.12 bits per heavy atom. The van der Waals surface area contributed by atoms with Crippen molar-refractivity contribution in [2.24, 2.45) is 0 Å². The lowest BCUT2D eigenvalue weighted by molar-refractivity contribution is 0.0729. The van der Waals surface area contributed by atoms with E-state index in [4.69, 9.17) is 15.6 Å². The quantitative estimate of drug-likeness (QED) is 0.470. The van der Waals surface area contributed by atoms with Gasteiger partial charge >= 0.3 is 6.09 Å². The van der Waals surface area contributed by atoms with Gasteiger partial charge in [0.25, 0.3) is 5.91 Å². The maximum Gasteiger partial charge on any atom is 0.410 e. The van der Waals surface area contributed by atoms with Gasteiger partial charge in [-0.1, -0.05) is 6.07 Å². The lowest BCUT2D eigenvalue weighted by Crippen LogP contribution is -2.40. The van der Waals surface area contributed by atoms with Crippen molar-refractivity contribution in [1.82, 2.24) is 19.8 Å². The van der Waals surface area contributed by atoms with Gasteiger partial charge in [-0.2, -0.15) is 0 Å². The van der Waals surface area contributed by atoms with E-state index in [0.717, 1.165) is 24.0 Å². The van der Waals surface area contributed by atoms with Crippen molar-refractivity contribution < 1.29 is 14.3 Å². The van der Waals surface area contributed by atoms with E-state index in [-0.39, 0.29) is 23.7 Å². The van der Waals surface area contributed by atoms with Crippen molar-refractivity contribution in [2.75, 3.05) is 18.4 Å². The monoisotopic (exact) mass is 463 g/mol. The Morgan fingerprint density at radius 2 is 1.94 bits per heavy atom. The Bertz CT molecular complexity index is 1130. The number of carbonyl (C=O) groups excluding carboxylic acids is 2. The minimum absolute atomic E-state index is 0.154. The molecule has 0 unspecified atom stereocenters. The summed E-state index contributed by atoms with van der Waals surface area (Å²) < 4.78 is 5.29. The molecule has 2 aromatic rings. The van der Waals surface area contributed by atoms with Crippen molar-refractivity contribution in [3.8, 4) is 0 Å². The second kappa shape index (κ2) is 9.98. The molecule has 0 radical (unpaired) electrons. The molecule has 0 aromatic carbocycles. The van der Waals surface area contributed by atoms with Crippen LogP contribution in [0.1, 0.15) is 60.4 Å². The highest BCUT2D eigenvalue weighted by Gasteiger charge is 2.24. The zero-order valence-electron chi connectivity index (χ0n) is 19.4. The topological polar surface area (TPSA) is 135 Å². The molecule has 10 nitrogen and oxygen atoms in total. The van der Waals surface area contributed by atoms with Crippen molar-refractivity contribution in [3.05, 3.63) is 53.0 Å². The van der Waals surface area contributed by atoms with Gasteiger partial charge in [0.1, 0.15) is 23.0 Å². The summed E-state index contributed by atoms with van der Waals surface area (Å²) in [6.45, 7) is 5.14. The number of ether oxygens (including phenoxy) is 1. The van der Waals surface area contributed by atoms with E-state index in [2.05, 4.69) is 15.3 Å². The number of amidine groups is 2. The largest absolute Gasteiger partial charge is 0.447 e. The number of nitrogens with zero attached hydrogens (tertiary/aromatic N) is 4. The van der Waals surface area contributed by atoms with E-state index in [1.807, 2.05) is 13.8 Å². The molecule has 0 aliphatic carbocycles. The number of rotatable bonds is 4. The van der Waals surface area contributed by atoms with Crippen LogP contribution in [-0.4, -0.2) is 62.6 Å².